The van der Waals surface area contributed by atoms with Gasteiger partial charge in [-0.05, 0) is 25.0 Å². The van der Waals surface area contributed by atoms with Crippen LogP contribution in [0.15, 0.2) is 24.7 Å². The molecule has 0 radical (unpaired) electrons. The quantitative estimate of drug-likeness (QED) is 0.408. The Morgan fingerprint density at radius 2 is 1.90 bits per heavy atom. The van der Waals surface area contributed by atoms with Gasteiger partial charge in [-0.2, -0.15) is 18.3 Å². The smallest absolute Gasteiger partial charge is 0.418 e. The van der Waals surface area contributed by atoms with Crippen molar-refractivity contribution in [1.82, 2.24) is 29.8 Å². The number of aromatic nitrogens is 4. The van der Waals surface area contributed by atoms with Crippen LogP contribution < -0.4 is 21.5 Å². The van der Waals surface area contributed by atoms with Gasteiger partial charge in [0.2, 0.25) is 11.8 Å². The van der Waals surface area contributed by atoms with Crippen LogP contribution in [0, 0.1) is 0 Å². The van der Waals surface area contributed by atoms with Gasteiger partial charge in [-0.15, -0.1) is 0 Å². The molecule has 1 saturated carbocycles. The molecule has 208 valence electrons. The van der Waals surface area contributed by atoms with E-state index in [-0.39, 0.29) is 47.5 Å². The SMILES string of the molecule is COc1ncc(-c2cc(C(F)(F)F)c3c(N)ncnn23)cc1C(=O)N[C@@H]1CN(C(=O)C2(N)CCCC2)C[C@@H]1F. The largest absolute Gasteiger partial charge is 0.480 e. The molecule has 1 aliphatic heterocycles. The fraction of sp³-hybridized carbons (Fsp3) is 0.458. The fourth-order valence-electron chi connectivity index (χ4n) is 5.25. The van der Waals surface area contributed by atoms with E-state index in [0.717, 1.165) is 29.8 Å². The predicted octanol–water partition coefficient (Wildman–Crippen LogP) is 1.95. The van der Waals surface area contributed by atoms with Crippen molar-refractivity contribution in [2.75, 3.05) is 25.9 Å². The Hall–Kier alpha value is -4.01. The van der Waals surface area contributed by atoms with Crippen molar-refractivity contribution >= 4 is 23.1 Å². The first-order valence-corrected chi connectivity index (χ1v) is 12.2. The van der Waals surface area contributed by atoms with Gasteiger partial charge < -0.3 is 26.4 Å². The first-order chi connectivity index (χ1) is 18.4. The van der Waals surface area contributed by atoms with Crippen LogP contribution in [0.5, 0.6) is 5.88 Å². The van der Waals surface area contributed by atoms with E-state index in [2.05, 4.69) is 20.4 Å². The van der Waals surface area contributed by atoms with Crippen molar-refractivity contribution in [3.63, 3.8) is 0 Å². The minimum atomic E-state index is -4.76. The Kier molecular flexibility index (Phi) is 6.56. The zero-order valence-electron chi connectivity index (χ0n) is 20.8. The van der Waals surface area contributed by atoms with Gasteiger partial charge in [0.25, 0.3) is 5.91 Å². The second-order valence-electron chi connectivity index (χ2n) is 9.80. The van der Waals surface area contributed by atoms with E-state index >= 15 is 0 Å². The van der Waals surface area contributed by atoms with E-state index in [9.17, 15) is 27.2 Å². The van der Waals surface area contributed by atoms with Gasteiger partial charge in [0.15, 0.2) is 5.82 Å². The Labute approximate surface area is 219 Å². The van der Waals surface area contributed by atoms with E-state index in [1.807, 2.05) is 0 Å². The normalized spacial score (nSPS) is 20.9. The van der Waals surface area contributed by atoms with E-state index in [0.29, 0.717) is 12.8 Å². The van der Waals surface area contributed by atoms with Crippen LogP contribution >= 0.6 is 0 Å². The van der Waals surface area contributed by atoms with Crippen molar-refractivity contribution in [2.24, 2.45) is 5.73 Å². The number of nitrogens with zero attached hydrogens (tertiary/aromatic N) is 5. The van der Waals surface area contributed by atoms with Crippen LogP contribution in [0.1, 0.15) is 41.6 Å². The fourth-order valence-corrected chi connectivity index (χ4v) is 5.25. The minimum absolute atomic E-state index is 0.0542. The van der Waals surface area contributed by atoms with Gasteiger partial charge in [-0.25, -0.2) is 18.9 Å². The van der Waals surface area contributed by atoms with E-state index < -0.39 is 40.9 Å². The number of likely N-dealkylation sites (tertiary alicyclic amines) is 1. The number of carbonyl (C=O) groups excluding carboxylic acids is 2. The number of carbonyl (C=O) groups is 2. The van der Waals surface area contributed by atoms with Crippen LogP contribution in [-0.2, 0) is 11.0 Å². The van der Waals surface area contributed by atoms with Crippen molar-refractivity contribution in [1.29, 1.82) is 0 Å². The Morgan fingerprint density at radius 1 is 1.18 bits per heavy atom. The van der Waals surface area contributed by atoms with Crippen LogP contribution in [0.3, 0.4) is 0 Å². The Bertz CT molecular complexity index is 1440. The van der Waals surface area contributed by atoms with Crippen LogP contribution in [-0.4, -0.2) is 74.2 Å². The highest BCUT2D eigenvalue weighted by atomic mass is 19.4. The lowest BCUT2D eigenvalue weighted by molar-refractivity contribution is -0.136. The molecular formula is C24H26F4N8O3. The molecule has 0 unspecified atom stereocenters. The minimum Gasteiger partial charge on any atom is -0.480 e. The first-order valence-electron chi connectivity index (χ1n) is 12.2. The number of nitrogen functional groups attached to an aromatic ring is 1. The van der Waals surface area contributed by atoms with Gasteiger partial charge in [-0.3, -0.25) is 9.59 Å². The molecule has 5 rings (SSSR count). The number of methoxy groups -OCH3 is 1. The maximum absolute atomic E-state index is 14.9. The highest BCUT2D eigenvalue weighted by molar-refractivity contribution is 5.98. The summed E-state index contributed by atoms with van der Waals surface area (Å²) in [6.07, 6.45) is -1.41. The number of amides is 2. The second-order valence-corrected chi connectivity index (χ2v) is 9.80. The lowest BCUT2D eigenvalue weighted by Crippen LogP contribution is -2.53. The number of pyridine rings is 1. The average Bonchev–Trinajstić information content (AvgIpc) is 3.61. The standard InChI is InChI=1S/C24H26F4N8O3/c1-39-21-13(20(37)34-16-10-35(9-15(16)25)22(38)23(30)4-2-3-5-23)6-12(8-31-21)17-7-14(24(26,27)28)18-19(29)32-11-33-36(17)18/h6-8,11,15-16H,2-5,9-10,30H2,1H3,(H,34,37)(H2,29,32,33)/t15-,16+/m0/s1. The van der Waals surface area contributed by atoms with Crippen molar-refractivity contribution < 1.29 is 31.9 Å². The summed E-state index contributed by atoms with van der Waals surface area (Å²) in [5.74, 6) is -1.63. The number of halogens is 4. The summed E-state index contributed by atoms with van der Waals surface area (Å²) >= 11 is 0. The average molecular weight is 551 g/mol. The number of nitrogens with two attached hydrogens (primary N) is 2. The molecule has 2 atom stereocenters. The molecule has 4 heterocycles. The maximum atomic E-state index is 14.9. The molecule has 11 nitrogen and oxygen atoms in total. The van der Waals surface area contributed by atoms with Crippen LogP contribution in [0.2, 0.25) is 0 Å². The van der Waals surface area contributed by atoms with Crippen molar-refractivity contribution in [2.45, 2.75) is 49.6 Å². The van der Waals surface area contributed by atoms with Gasteiger partial charge in [0, 0.05) is 18.3 Å². The summed E-state index contributed by atoms with van der Waals surface area (Å²) in [6.45, 7) is -0.287. The second kappa shape index (κ2) is 9.63. The van der Waals surface area contributed by atoms with E-state index in [4.69, 9.17) is 16.2 Å². The summed E-state index contributed by atoms with van der Waals surface area (Å²) < 4.78 is 62.2. The van der Waals surface area contributed by atoms with E-state index in [1.54, 1.807) is 0 Å². The number of hydrogen-bond donors (Lipinski definition) is 3. The molecule has 0 bridgehead atoms. The first kappa shape index (κ1) is 26.6. The molecular weight excluding hydrogens is 524 g/mol. The molecule has 0 spiro atoms. The number of rotatable bonds is 5. The monoisotopic (exact) mass is 550 g/mol. The number of alkyl halides is 4. The number of hydrogen-bond acceptors (Lipinski definition) is 8. The summed E-state index contributed by atoms with van der Waals surface area (Å²) in [5, 5.41) is 6.46. The third-order valence-electron chi connectivity index (χ3n) is 7.25. The number of nitrogens with one attached hydrogen (secondary N) is 1. The maximum Gasteiger partial charge on any atom is 0.418 e. The molecule has 2 fully saturated rings. The molecule has 15 heteroatoms. The van der Waals surface area contributed by atoms with E-state index in [1.165, 1.54) is 24.3 Å². The number of fused-ring (bicyclic) bond motifs is 1. The summed E-state index contributed by atoms with van der Waals surface area (Å²) in [5.41, 5.74) is 9.30. The van der Waals surface area contributed by atoms with Crippen LogP contribution in [0.25, 0.3) is 16.8 Å². The molecule has 3 aromatic rings. The van der Waals surface area contributed by atoms with Gasteiger partial charge in [0.05, 0.1) is 36.5 Å². The van der Waals surface area contributed by atoms with Crippen LogP contribution in [0.4, 0.5) is 23.4 Å². The summed E-state index contributed by atoms with van der Waals surface area (Å²) in [6, 6.07) is 1.06. The molecule has 39 heavy (non-hydrogen) atoms. The highest BCUT2D eigenvalue weighted by Crippen LogP contribution is 2.39. The number of ether oxygens (including phenoxy) is 1. The van der Waals surface area contributed by atoms with Gasteiger partial charge in [0.1, 0.15) is 23.6 Å². The van der Waals surface area contributed by atoms with Gasteiger partial charge in [-0.1, -0.05) is 12.8 Å². The van der Waals surface area contributed by atoms with Crippen molar-refractivity contribution in [3.05, 3.63) is 35.8 Å². The molecule has 3 aromatic heterocycles. The Balaban J connectivity index is 1.43. The third kappa shape index (κ3) is 4.70. The molecule has 1 saturated heterocycles. The zero-order valence-corrected chi connectivity index (χ0v) is 20.8. The lowest BCUT2D eigenvalue weighted by atomic mass is 9.97. The number of anilines is 1. The lowest BCUT2D eigenvalue weighted by Gasteiger charge is -2.28. The molecule has 0 aromatic carbocycles. The molecule has 5 N–H and O–H groups in total. The molecule has 2 aliphatic rings. The topological polar surface area (TPSA) is 154 Å². The third-order valence-corrected chi connectivity index (χ3v) is 7.25. The highest BCUT2D eigenvalue weighted by Gasteiger charge is 2.45. The Morgan fingerprint density at radius 3 is 2.56 bits per heavy atom. The zero-order chi connectivity index (χ0) is 28.1. The predicted molar refractivity (Wildman–Crippen MR) is 130 cm³/mol. The molecule has 1 aliphatic carbocycles. The summed E-state index contributed by atoms with van der Waals surface area (Å²) in [4.78, 5) is 35.2. The summed E-state index contributed by atoms with van der Waals surface area (Å²) in [7, 11) is 1.26. The molecule has 2 amide bonds. The van der Waals surface area contributed by atoms with Gasteiger partial charge >= 0.3 is 6.18 Å². The van der Waals surface area contributed by atoms with Crippen molar-refractivity contribution in [3.8, 4) is 17.1 Å².